The fourth-order valence-electron chi connectivity index (χ4n) is 0. The quantitative estimate of drug-likeness (QED) is 0.500. The van der Waals surface area contributed by atoms with E-state index in [-0.39, 0.29) is 17.1 Å². The van der Waals surface area contributed by atoms with Crippen molar-refractivity contribution in [2.24, 2.45) is 0 Å². The summed E-state index contributed by atoms with van der Waals surface area (Å²) < 4.78 is 0. The summed E-state index contributed by atoms with van der Waals surface area (Å²) in [6.45, 7) is 2.25. The first-order valence-electron chi connectivity index (χ1n) is 1.52. The minimum absolute atomic E-state index is 0. The Morgan fingerprint density at radius 1 is 1.60 bits per heavy atom. The molecule has 0 aliphatic carbocycles. The van der Waals surface area contributed by atoms with Crippen LogP contribution in [0, 0.1) is 0 Å². The Morgan fingerprint density at radius 3 is 1.80 bits per heavy atom. The molecule has 1 nitrogen and oxygen atoms in total. The van der Waals surface area contributed by atoms with Gasteiger partial charge in [-0.2, -0.15) is 0 Å². The maximum absolute atomic E-state index is 7.88. The van der Waals surface area contributed by atoms with Crippen LogP contribution in [0.5, 0.6) is 0 Å². The smallest absolute Gasteiger partial charge is 0.396 e. The van der Waals surface area contributed by atoms with Crippen molar-refractivity contribution in [1.82, 2.24) is 0 Å². The molecule has 36 valence electrons. The van der Waals surface area contributed by atoms with Gasteiger partial charge in [-0.25, -0.2) is 0 Å². The van der Waals surface area contributed by atoms with E-state index < -0.39 is 0 Å². The van der Waals surface area contributed by atoms with Gasteiger partial charge in [0.05, 0.1) is 0 Å². The van der Waals surface area contributed by atoms with Crippen LogP contribution >= 0.6 is 0 Å². The summed E-state index contributed by atoms with van der Waals surface area (Å²) in [6.07, 6.45) is 0.875. The van der Waals surface area contributed by atoms with Crippen LogP contribution in [-0.2, 0) is 17.1 Å². The van der Waals surface area contributed by atoms with Gasteiger partial charge >= 0.3 is 17.1 Å². The molecule has 0 aromatic carbocycles. The van der Waals surface area contributed by atoms with Gasteiger partial charge in [0, 0.05) is 6.61 Å². The minimum atomic E-state index is 0. The maximum Gasteiger partial charge on any atom is 1.00 e. The molecule has 0 aliphatic heterocycles. The van der Waals surface area contributed by atoms with E-state index in [1.807, 2.05) is 6.92 Å². The van der Waals surface area contributed by atoms with E-state index in [1.165, 1.54) is 0 Å². The Balaban J connectivity index is 0. The zero-order valence-corrected chi connectivity index (χ0v) is 4.10. The van der Waals surface area contributed by atoms with Gasteiger partial charge in [0.2, 0.25) is 0 Å². The second-order valence-corrected chi connectivity index (χ2v) is 0.724. The van der Waals surface area contributed by atoms with Crippen LogP contribution in [0.1, 0.15) is 13.3 Å². The fourth-order valence-corrected chi connectivity index (χ4v) is 0. The third-order valence-electron chi connectivity index (χ3n) is 0.224. The Morgan fingerprint density at radius 2 is 1.80 bits per heavy atom. The summed E-state index contributed by atoms with van der Waals surface area (Å²) in [5.41, 5.74) is 0. The number of hydrogen-bond acceptors (Lipinski definition) is 1. The van der Waals surface area contributed by atoms with Crippen LogP contribution in [0.25, 0.3) is 0 Å². The fraction of sp³-hybridized carbons (Fsp3) is 1.00. The van der Waals surface area contributed by atoms with Crippen molar-refractivity contribution in [3.8, 4) is 0 Å². The molecule has 2 heteroatoms. The maximum atomic E-state index is 7.88. The van der Waals surface area contributed by atoms with E-state index in [2.05, 4.69) is 0 Å². The summed E-state index contributed by atoms with van der Waals surface area (Å²) in [4.78, 5) is 0. The summed E-state index contributed by atoms with van der Waals surface area (Å²) in [7, 11) is 0. The summed E-state index contributed by atoms with van der Waals surface area (Å²) in [5.74, 6) is 0. The summed E-state index contributed by atoms with van der Waals surface area (Å²) in [5, 5.41) is 7.88. The molecular weight excluding hydrogens is 116 g/mol. The van der Waals surface area contributed by atoms with E-state index in [1.54, 1.807) is 0 Å². The van der Waals surface area contributed by atoms with Crippen LogP contribution in [0.4, 0.5) is 0 Å². The van der Waals surface area contributed by atoms with E-state index in [4.69, 9.17) is 5.11 Å². The van der Waals surface area contributed by atoms with Crippen LogP contribution in [0.3, 0.4) is 0 Å². The van der Waals surface area contributed by atoms with Crippen molar-refractivity contribution in [3.63, 3.8) is 0 Å². The molecule has 0 heterocycles. The minimum Gasteiger partial charge on any atom is -0.396 e. The average molecular weight is 124 g/mol. The van der Waals surface area contributed by atoms with Gasteiger partial charge in [-0.15, -0.1) is 0 Å². The van der Waals surface area contributed by atoms with Crippen molar-refractivity contribution in [2.45, 2.75) is 13.3 Å². The first kappa shape index (κ1) is 9.08. The molecule has 0 aromatic heterocycles. The molecule has 0 spiro atoms. The van der Waals surface area contributed by atoms with Crippen LogP contribution in [0.15, 0.2) is 0 Å². The summed E-state index contributed by atoms with van der Waals surface area (Å²) in [6, 6.07) is 0. The van der Waals surface area contributed by atoms with Crippen molar-refractivity contribution >= 4 is 0 Å². The summed E-state index contributed by atoms with van der Waals surface area (Å²) >= 11 is 0. The van der Waals surface area contributed by atoms with Crippen molar-refractivity contribution in [2.75, 3.05) is 6.61 Å². The zero-order valence-electron chi connectivity index (χ0n) is 3.16. The van der Waals surface area contributed by atoms with Gasteiger partial charge in [-0.3, -0.25) is 0 Å². The van der Waals surface area contributed by atoms with Crippen molar-refractivity contribution < 1.29 is 22.2 Å². The predicted molar refractivity (Wildman–Crippen MR) is 17.4 cm³/mol. The second-order valence-electron chi connectivity index (χ2n) is 0.724. The van der Waals surface area contributed by atoms with E-state index in [9.17, 15) is 0 Å². The Kier molecular flexibility index (Phi) is 16.0. The average Bonchev–Trinajstić information content (AvgIpc) is 1.37. The van der Waals surface area contributed by atoms with Gasteiger partial charge < -0.3 is 5.11 Å². The predicted octanol–water partition coefficient (Wildman–Crippen LogP) is 0.386. The van der Waals surface area contributed by atoms with E-state index >= 15 is 0 Å². The number of rotatable bonds is 1. The molecule has 0 aromatic rings. The second kappa shape index (κ2) is 8.82. The molecular formula is C3H8CuO+. The molecule has 0 atom stereocenters. The molecule has 0 amide bonds. The molecule has 0 bridgehead atoms. The molecule has 0 saturated carbocycles. The zero-order chi connectivity index (χ0) is 3.41. The monoisotopic (exact) mass is 123 g/mol. The first-order chi connectivity index (χ1) is 1.91. The van der Waals surface area contributed by atoms with Crippen LogP contribution in [-0.4, -0.2) is 11.7 Å². The Hall–Kier alpha value is 0.479. The molecule has 1 N–H and O–H groups in total. The van der Waals surface area contributed by atoms with Crippen molar-refractivity contribution in [1.29, 1.82) is 0 Å². The van der Waals surface area contributed by atoms with Gasteiger partial charge in [-0.05, 0) is 6.42 Å². The van der Waals surface area contributed by atoms with Crippen molar-refractivity contribution in [3.05, 3.63) is 0 Å². The van der Waals surface area contributed by atoms with Crippen LogP contribution < -0.4 is 0 Å². The van der Waals surface area contributed by atoms with Gasteiger partial charge in [-0.1, -0.05) is 6.92 Å². The molecule has 5 heavy (non-hydrogen) atoms. The Bertz CT molecular complexity index is 8.85. The van der Waals surface area contributed by atoms with Gasteiger partial charge in [0.1, 0.15) is 0 Å². The standard InChI is InChI=1S/C3H8O.Cu/c1-2-3-4;/h4H,2-3H2,1H3;/q;+1. The Labute approximate surface area is 42.9 Å². The number of hydrogen-bond donors (Lipinski definition) is 1. The van der Waals surface area contributed by atoms with Crippen LogP contribution in [0.2, 0.25) is 0 Å². The number of aliphatic hydroxyl groups excluding tert-OH is 1. The first-order valence-corrected chi connectivity index (χ1v) is 1.52. The molecule has 0 unspecified atom stereocenters. The third kappa shape index (κ3) is 12.6. The molecule has 0 aliphatic rings. The van der Waals surface area contributed by atoms with E-state index in [0.717, 1.165) is 6.42 Å². The largest absolute Gasteiger partial charge is 1.00 e. The van der Waals surface area contributed by atoms with Gasteiger partial charge in [0.15, 0.2) is 0 Å². The third-order valence-corrected chi connectivity index (χ3v) is 0.224. The topological polar surface area (TPSA) is 20.2 Å². The normalized spacial score (nSPS) is 6.00. The molecule has 0 rings (SSSR count). The number of aliphatic hydroxyl groups is 1. The van der Waals surface area contributed by atoms with E-state index in [0.29, 0.717) is 6.61 Å². The van der Waals surface area contributed by atoms with Gasteiger partial charge in [0.25, 0.3) is 0 Å². The molecule has 0 fully saturated rings. The molecule has 0 radical (unpaired) electrons. The molecule has 0 saturated heterocycles. The SMILES string of the molecule is CCCO.[Cu+].